The van der Waals surface area contributed by atoms with Crippen molar-refractivity contribution in [3.63, 3.8) is 0 Å². The second-order valence-corrected chi connectivity index (χ2v) is 6.35. The summed E-state index contributed by atoms with van der Waals surface area (Å²) in [6.45, 7) is 1.63. The molecule has 0 aliphatic rings. The number of benzene rings is 2. The number of halogens is 1. The molecule has 150 valence electrons. The van der Waals surface area contributed by atoms with Gasteiger partial charge >= 0.3 is 0 Å². The molecule has 1 unspecified atom stereocenters. The smallest absolute Gasteiger partial charge is 0.290 e. The highest BCUT2D eigenvalue weighted by Gasteiger charge is 2.21. The van der Waals surface area contributed by atoms with Gasteiger partial charge in [-0.1, -0.05) is 12.1 Å². The van der Waals surface area contributed by atoms with Crippen LogP contribution in [0.3, 0.4) is 0 Å². The number of rotatable bonds is 7. The fourth-order valence-electron chi connectivity index (χ4n) is 3.06. The maximum absolute atomic E-state index is 14.1. The van der Waals surface area contributed by atoms with E-state index in [0.29, 0.717) is 28.4 Å². The minimum Gasteiger partial charge on any atom is -0.497 e. The number of nitrogens with zero attached hydrogens (tertiary/aromatic N) is 2. The molecular formula is C21H20FN3O4. The average molecular weight is 397 g/mol. The Morgan fingerprint density at radius 2 is 1.93 bits per heavy atom. The second kappa shape index (κ2) is 8.55. The molecule has 2 aromatic carbocycles. The van der Waals surface area contributed by atoms with Crippen LogP contribution < -0.4 is 14.8 Å². The van der Waals surface area contributed by atoms with E-state index in [1.54, 1.807) is 32.2 Å². The fraction of sp³-hybridized carbons (Fsp3) is 0.190. The Bertz CT molecular complexity index is 1040. The summed E-state index contributed by atoms with van der Waals surface area (Å²) < 4.78 is 24.8. The molecule has 0 bridgehead atoms. The van der Waals surface area contributed by atoms with Crippen LogP contribution in [0.2, 0.25) is 0 Å². The number of aryl methyl sites for hydroxylation is 1. The molecule has 7 nitrogen and oxygen atoms in total. The van der Waals surface area contributed by atoms with Gasteiger partial charge in [-0.2, -0.15) is 0 Å². The zero-order chi connectivity index (χ0) is 21.0. The molecule has 29 heavy (non-hydrogen) atoms. The van der Waals surface area contributed by atoms with Gasteiger partial charge in [-0.15, -0.1) is 0 Å². The zero-order valence-electron chi connectivity index (χ0n) is 16.2. The molecule has 0 saturated heterocycles. The summed E-state index contributed by atoms with van der Waals surface area (Å²) in [4.78, 5) is 14.7. The van der Waals surface area contributed by atoms with E-state index in [1.807, 2.05) is 18.2 Å². The standard InChI is InChI=1S/C21H20FN3O4/c1-13-9-20(23-12-18(13)25(26)27)24-21(14-5-4-6-16(10-14)28-2)17-11-15(22)7-8-19(17)29-3/h4-12,21H,1-3H3,(H,23,24). The molecule has 0 fully saturated rings. The molecule has 1 atom stereocenters. The van der Waals surface area contributed by atoms with Crippen LogP contribution in [0.4, 0.5) is 15.9 Å². The lowest BCUT2D eigenvalue weighted by atomic mass is 9.97. The van der Waals surface area contributed by atoms with Crippen molar-refractivity contribution in [3.05, 3.63) is 87.3 Å². The molecule has 0 aliphatic heterocycles. The van der Waals surface area contributed by atoms with Crippen LogP contribution in [0.15, 0.2) is 54.7 Å². The van der Waals surface area contributed by atoms with Gasteiger partial charge in [0.05, 0.1) is 25.2 Å². The summed E-state index contributed by atoms with van der Waals surface area (Å²) in [5.41, 5.74) is 1.73. The molecule has 0 aliphatic carbocycles. The van der Waals surface area contributed by atoms with E-state index in [0.717, 1.165) is 5.56 Å². The molecule has 0 radical (unpaired) electrons. The summed E-state index contributed by atoms with van der Waals surface area (Å²) in [6, 6.07) is 12.6. The summed E-state index contributed by atoms with van der Waals surface area (Å²) in [6.07, 6.45) is 1.20. The maximum Gasteiger partial charge on any atom is 0.290 e. The number of pyridine rings is 1. The topological polar surface area (TPSA) is 86.5 Å². The predicted molar refractivity (Wildman–Crippen MR) is 107 cm³/mol. The number of hydrogen-bond donors (Lipinski definition) is 1. The first-order valence-electron chi connectivity index (χ1n) is 8.78. The average Bonchev–Trinajstić information content (AvgIpc) is 2.71. The molecule has 0 spiro atoms. The number of aromatic nitrogens is 1. The van der Waals surface area contributed by atoms with Gasteiger partial charge in [0.15, 0.2) is 0 Å². The third-order valence-electron chi connectivity index (χ3n) is 4.50. The van der Waals surface area contributed by atoms with Gasteiger partial charge in [-0.25, -0.2) is 9.37 Å². The molecule has 8 heteroatoms. The van der Waals surface area contributed by atoms with Crippen molar-refractivity contribution in [1.82, 2.24) is 4.98 Å². The van der Waals surface area contributed by atoms with Crippen LogP contribution in [0, 0.1) is 22.9 Å². The predicted octanol–water partition coefficient (Wildman–Crippen LogP) is 4.66. The summed E-state index contributed by atoms with van der Waals surface area (Å²) in [7, 11) is 3.07. The van der Waals surface area contributed by atoms with Crippen LogP contribution in [0.25, 0.3) is 0 Å². The van der Waals surface area contributed by atoms with E-state index in [4.69, 9.17) is 9.47 Å². The lowest BCUT2D eigenvalue weighted by Gasteiger charge is -2.23. The molecule has 0 saturated carbocycles. The highest BCUT2D eigenvalue weighted by Crippen LogP contribution is 2.35. The zero-order valence-corrected chi connectivity index (χ0v) is 16.2. The largest absolute Gasteiger partial charge is 0.497 e. The Morgan fingerprint density at radius 1 is 1.14 bits per heavy atom. The van der Waals surface area contributed by atoms with Gasteiger partial charge in [-0.05, 0) is 48.9 Å². The van der Waals surface area contributed by atoms with Gasteiger partial charge in [0.25, 0.3) is 5.69 Å². The first-order valence-corrected chi connectivity index (χ1v) is 8.78. The Hall–Kier alpha value is -3.68. The van der Waals surface area contributed by atoms with Crippen molar-refractivity contribution >= 4 is 11.5 Å². The van der Waals surface area contributed by atoms with Crippen molar-refractivity contribution in [2.24, 2.45) is 0 Å². The Kier molecular flexibility index (Phi) is 5.92. The van der Waals surface area contributed by atoms with E-state index in [9.17, 15) is 14.5 Å². The number of methoxy groups -OCH3 is 2. The van der Waals surface area contributed by atoms with Gasteiger partial charge in [-0.3, -0.25) is 10.1 Å². The summed E-state index contributed by atoms with van der Waals surface area (Å²) in [5, 5.41) is 14.3. The van der Waals surface area contributed by atoms with Crippen molar-refractivity contribution in [2.75, 3.05) is 19.5 Å². The molecule has 1 N–H and O–H groups in total. The molecule has 1 aromatic heterocycles. The second-order valence-electron chi connectivity index (χ2n) is 6.35. The minimum absolute atomic E-state index is 0.0724. The van der Waals surface area contributed by atoms with Crippen molar-refractivity contribution < 1.29 is 18.8 Å². The number of hydrogen-bond acceptors (Lipinski definition) is 6. The van der Waals surface area contributed by atoms with E-state index < -0.39 is 16.8 Å². The van der Waals surface area contributed by atoms with E-state index >= 15 is 0 Å². The number of nitro groups is 1. The highest BCUT2D eigenvalue weighted by molar-refractivity contribution is 5.53. The van der Waals surface area contributed by atoms with Gasteiger partial charge in [0, 0.05) is 11.1 Å². The van der Waals surface area contributed by atoms with E-state index in [-0.39, 0.29) is 5.69 Å². The summed E-state index contributed by atoms with van der Waals surface area (Å²) >= 11 is 0. The van der Waals surface area contributed by atoms with E-state index in [1.165, 1.54) is 25.4 Å². The molecule has 1 heterocycles. The highest BCUT2D eigenvalue weighted by atomic mass is 19.1. The lowest BCUT2D eigenvalue weighted by Crippen LogP contribution is -2.15. The third-order valence-corrected chi connectivity index (χ3v) is 4.50. The quantitative estimate of drug-likeness (QED) is 0.461. The Morgan fingerprint density at radius 3 is 2.59 bits per heavy atom. The maximum atomic E-state index is 14.1. The van der Waals surface area contributed by atoms with E-state index in [2.05, 4.69) is 10.3 Å². The number of anilines is 1. The monoisotopic (exact) mass is 397 g/mol. The van der Waals surface area contributed by atoms with Crippen molar-refractivity contribution in [3.8, 4) is 11.5 Å². The van der Waals surface area contributed by atoms with Gasteiger partial charge < -0.3 is 14.8 Å². The van der Waals surface area contributed by atoms with Crippen LogP contribution in [0.5, 0.6) is 11.5 Å². The van der Waals surface area contributed by atoms with Crippen LogP contribution in [-0.2, 0) is 0 Å². The lowest BCUT2D eigenvalue weighted by molar-refractivity contribution is -0.385. The third kappa shape index (κ3) is 4.43. The molecule has 3 rings (SSSR count). The first kappa shape index (κ1) is 20.1. The number of nitrogens with one attached hydrogen (secondary N) is 1. The van der Waals surface area contributed by atoms with Crippen molar-refractivity contribution in [2.45, 2.75) is 13.0 Å². The van der Waals surface area contributed by atoms with Gasteiger partial charge in [0.2, 0.25) is 0 Å². The molecule has 0 amide bonds. The van der Waals surface area contributed by atoms with Crippen LogP contribution in [-0.4, -0.2) is 24.1 Å². The number of ether oxygens (including phenoxy) is 2. The Labute approximate surface area is 167 Å². The fourth-order valence-corrected chi connectivity index (χ4v) is 3.06. The SMILES string of the molecule is COc1cccc(C(Nc2cc(C)c([N+](=O)[O-])cn2)c2cc(F)ccc2OC)c1. The van der Waals surface area contributed by atoms with Crippen LogP contribution in [0.1, 0.15) is 22.7 Å². The molecule has 3 aromatic rings. The summed E-state index contributed by atoms with van der Waals surface area (Å²) in [5.74, 6) is 1.12. The molecular weight excluding hydrogens is 377 g/mol. The van der Waals surface area contributed by atoms with Crippen molar-refractivity contribution in [1.29, 1.82) is 0 Å². The normalized spacial score (nSPS) is 11.6. The van der Waals surface area contributed by atoms with Gasteiger partial charge in [0.1, 0.15) is 29.3 Å². The first-order chi connectivity index (χ1) is 13.9. The van der Waals surface area contributed by atoms with Crippen LogP contribution >= 0.6 is 0 Å². The minimum atomic E-state index is -0.538. The Balaban J connectivity index is 2.10.